The van der Waals surface area contributed by atoms with E-state index in [1.165, 1.54) is 0 Å². The lowest BCUT2D eigenvalue weighted by molar-refractivity contribution is 0.0957. The van der Waals surface area contributed by atoms with Gasteiger partial charge >= 0.3 is 0 Å². The Labute approximate surface area is 148 Å². The molecule has 0 saturated heterocycles. The zero-order valence-electron chi connectivity index (χ0n) is 15.3. The number of ketones is 1. The average Bonchev–Trinajstić information content (AvgIpc) is 2.67. The Kier molecular flexibility index (Phi) is 6.28. The van der Waals surface area contributed by atoms with E-state index in [1.54, 1.807) is 46.6 Å². The van der Waals surface area contributed by atoms with Gasteiger partial charge in [-0.15, -0.1) is 0 Å². The van der Waals surface area contributed by atoms with Gasteiger partial charge in [0, 0.05) is 11.5 Å². The summed E-state index contributed by atoms with van der Waals surface area (Å²) in [5, 5.41) is 0. The first kappa shape index (κ1) is 18.6. The molecule has 134 valence electrons. The molecule has 1 atom stereocenters. The maximum Gasteiger partial charge on any atom is 0.170 e. The van der Waals surface area contributed by atoms with Gasteiger partial charge < -0.3 is 18.9 Å². The second kappa shape index (κ2) is 8.42. The third-order valence-electron chi connectivity index (χ3n) is 4.20. The van der Waals surface area contributed by atoms with E-state index in [1.807, 2.05) is 25.1 Å². The van der Waals surface area contributed by atoms with Gasteiger partial charge in [0.1, 0.15) is 0 Å². The summed E-state index contributed by atoms with van der Waals surface area (Å²) in [5.41, 5.74) is 1.47. The van der Waals surface area contributed by atoms with Crippen LogP contribution in [0.25, 0.3) is 0 Å². The Balaban J connectivity index is 2.39. The lowest BCUT2D eigenvalue weighted by atomic mass is 9.88. The van der Waals surface area contributed by atoms with E-state index >= 15 is 0 Å². The van der Waals surface area contributed by atoms with Crippen LogP contribution in [0.1, 0.15) is 35.2 Å². The molecule has 0 aliphatic carbocycles. The molecule has 2 aromatic rings. The van der Waals surface area contributed by atoms with Crippen molar-refractivity contribution in [3.63, 3.8) is 0 Å². The molecule has 2 rings (SSSR count). The van der Waals surface area contributed by atoms with E-state index in [0.717, 1.165) is 5.56 Å². The second-order valence-corrected chi connectivity index (χ2v) is 5.51. The summed E-state index contributed by atoms with van der Waals surface area (Å²) in [6.07, 6.45) is 0.669. The summed E-state index contributed by atoms with van der Waals surface area (Å²) in [7, 11) is 6.29. The number of carbonyl (C=O) groups excluding carboxylic acids is 1. The Bertz CT molecular complexity index is 739. The number of benzene rings is 2. The monoisotopic (exact) mass is 344 g/mol. The fourth-order valence-electron chi connectivity index (χ4n) is 2.83. The van der Waals surface area contributed by atoms with Gasteiger partial charge in [-0.3, -0.25) is 4.79 Å². The van der Waals surface area contributed by atoms with Gasteiger partial charge in [-0.2, -0.15) is 0 Å². The highest BCUT2D eigenvalue weighted by molar-refractivity contribution is 6.01. The number of ether oxygens (including phenoxy) is 4. The van der Waals surface area contributed by atoms with Gasteiger partial charge in [0.15, 0.2) is 28.8 Å². The Morgan fingerprint density at radius 2 is 1.32 bits per heavy atom. The maximum atomic E-state index is 13.0. The summed E-state index contributed by atoms with van der Waals surface area (Å²) in [6.45, 7) is 1.99. The zero-order valence-corrected chi connectivity index (χ0v) is 15.3. The van der Waals surface area contributed by atoms with Gasteiger partial charge in [0.25, 0.3) is 0 Å². The van der Waals surface area contributed by atoms with Crippen LogP contribution in [0.3, 0.4) is 0 Å². The number of Topliss-reactive ketones (excluding diaryl/α,β-unsaturated/α-hetero) is 1. The number of hydrogen-bond donors (Lipinski definition) is 0. The minimum Gasteiger partial charge on any atom is -0.493 e. The molecule has 0 spiro atoms. The summed E-state index contributed by atoms with van der Waals surface area (Å²) >= 11 is 0. The molecule has 2 aromatic carbocycles. The lowest BCUT2D eigenvalue weighted by Gasteiger charge is -2.17. The van der Waals surface area contributed by atoms with Crippen LogP contribution in [-0.2, 0) is 0 Å². The van der Waals surface area contributed by atoms with Crippen molar-refractivity contribution >= 4 is 5.78 Å². The maximum absolute atomic E-state index is 13.0. The molecule has 25 heavy (non-hydrogen) atoms. The quantitative estimate of drug-likeness (QED) is 0.675. The van der Waals surface area contributed by atoms with Crippen molar-refractivity contribution in [2.75, 3.05) is 28.4 Å². The number of methoxy groups -OCH3 is 4. The first-order chi connectivity index (χ1) is 12.1. The van der Waals surface area contributed by atoms with Crippen LogP contribution >= 0.6 is 0 Å². The zero-order chi connectivity index (χ0) is 18.4. The standard InChI is InChI=1S/C20H24O5/c1-6-15(13-7-9-16(22-2)18(11-13)24-4)20(21)14-8-10-17(23-3)19(12-14)25-5/h7-12,15H,6H2,1-5H3/t15-/m1/s1. The molecule has 5 heteroatoms. The van der Waals surface area contributed by atoms with Gasteiger partial charge in [-0.1, -0.05) is 13.0 Å². The third kappa shape index (κ3) is 3.87. The molecule has 0 unspecified atom stereocenters. The first-order valence-corrected chi connectivity index (χ1v) is 8.07. The second-order valence-electron chi connectivity index (χ2n) is 5.51. The summed E-state index contributed by atoms with van der Waals surface area (Å²) in [5.74, 6) is 2.13. The largest absolute Gasteiger partial charge is 0.493 e. The topological polar surface area (TPSA) is 54.0 Å². The Morgan fingerprint density at radius 1 is 0.800 bits per heavy atom. The van der Waals surface area contributed by atoms with E-state index in [4.69, 9.17) is 18.9 Å². The molecule has 0 aromatic heterocycles. The van der Waals surface area contributed by atoms with E-state index in [0.29, 0.717) is 35.0 Å². The van der Waals surface area contributed by atoms with Crippen molar-refractivity contribution in [1.82, 2.24) is 0 Å². The third-order valence-corrected chi connectivity index (χ3v) is 4.20. The molecule has 0 saturated carbocycles. The van der Waals surface area contributed by atoms with Gasteiger partial charge in [-0.05, 0) is 42.3 Å². The van der Waals surface area contributed by atoms with Gasteiger partial charge in [-0.25, -0.2) is 0 Å². The smallest absolute Gasteiger partial charge is 0.170 e. The highest BCUT2D eigenvalue weighted by Gasteiger charge is 2.23. The highest BCUT2D eigenvalue weighted by atomic mass is 16.5. The Hall–Kier alpha value is -2.69. The average molecular weight is 344 g/mol. The minimum absolute atomic E-state index is 0.0238. The lowest BCUT2D eigenvalue weighted by Crippen LogP contribution is -2.13. The number of carbonyl (C=O) groups is 1. The van der Waals surface area contributed by atoms with Crippen LogP contribution in [-0.4, -0.2) is 34.2 Å². The van der Waals surface area contributed by atoms with Crippen LogP contribution in [0.5, 0.6) is 23.0 Å². The Morgan fingerprint density at radius 3 is 1.84 bits per heavy atom. The molecule has 0 bridgehead atoms. The predicted octanol–water partition coefficient (Wildman–Crippen LogP) is 4.10. The molecule has 0 heterocycles. The van der Waals surface area contributed by atoms with Crippen LogP contribution in [0.15, 0.2) is 36.4 Å². The van der Waals surface area contributed by atoms with E-state index in [2.05, 4.69) is 0 Å². The molecular formula is C20H24O5. The normalized spacial score (nSPS) is 11.6. The van der Waals surface area contributed by atoms with E-state index in [9.17, 15) is 4.79 Å². The van der Waals surface area contributed by atoms with Crippen LogP contribution < -0.4 is 18.9 Å². The van der Waals surface area contributed by atoms with Crippen molar-refractivity contribution in [3.8, 4) is 23.0 Å². The van der Waals surface area contributed by atoms with Crippen molar-refractivity contribution in [2.45, 2.75) is 19.3 Å². The van der Waals surface area contributed by atoms with Crippen molar-refractivity contribution in [3.05, 3.63) is 47.5 Å². The summed E-state index contributed by atoms with van der Waals surface area (Å²) in [6, 6.07) is 10.8. The highest BCUT2D eigenvalue weighted by Crippen LogP contribution is 2.35. The molecule has 0 fully saturated rings. The van der Waals surface area contributed by atoms with E-state index in [-0.39, 0.29) is 11.7 Å². The number of rotatable bonds is 8. The fourth-order valence-corrected chi connectivity index (χ4v) is 2.83. The molecule has 0 N–H and O–H groups in total. The molecule has 0 aliphatic rings. The molecule has 0 radical (unpaired) electrons. The first-order valence-electron chi connectivity index (χ1n) is 8.07. The summed E-state index contributed by atoms with van der Waals surface area (Å²) in [4.78, 5) is 13.0. The van der Waals surface area contributed by atoms with Crippen molar-refractivity contribution in [2.24, 2.45) is 0 Å². The molecule has 0 amide bonds. The van der Waals surface area contributed by atoms with Gasteiger partial charge in [0.05, 0.1) is 28.4 Å². The molecule has 0 aliphatic heterocycles. The van der Waals surface area contributed by atoms with Gasteiger partial charge in [0.2, 0.25) is 0 Å². The molecular weight excluding hydrogens is 320 g/mol. The number of hydrogen-bond acceptors (Lipinski definition) is 5. The van der Waals surface area contributed by atoms with Crippen LogP contribution in [0, 0.1) is 0 Å². The van der Waals surface area contributed by atoms with Crippen LogP contribution in [0.2, 0.25) is 0 Å². The summed E-state index contributed by atoms with van der Waals surface area (Å²) < 4.78 is 21.1. The molecule has 5 nitrogen and oxygen atoms in total. The SMILES string of the molecule is CC[C@@H](C(=O)c1ccc(OC)c(OC)c1)c1ccc(OC)c(OC)c1. The minimum atomic E-state index is -0.280. The van der Waals surface area contributed by atoms with Crippen molar-refractivity contribution < 1.29 is 23.7 Å². The van der Waals surface area contributed by atoms with Crippen molar-refractivity contribution in [1.29, 1.82) is 0 Å². The van der Waals surface area contributed by atoms with E-state index < -0.39 is 0 Å². The predicted molar refractivity (Wildman–Crippen MR) is 96.5 cm³/mol. The fraction of sp³-hybridized carbons (Fsp3) is 0.350. The van der Waals surface area contributed by atoms with Crippen LogP contribution in [0.4, 0.5) is 0 Å².